The van der Waals surface area contributed by atoms with Crippen molar-refractivity contribution in [3.8, 4) is 0 Å². The van der Waals surface area contributed by atoms with Crippen molar-refractivity contribution in [1.82, 2.24) is 5.06 Å². The number of carbonyl (C=O) groups excluding carboxylic acids is 1. The van der Waals surface area contributed by atoms with Crippen LogP contribution in [0.4, 0.5) is 0 Å². The number of methoxy groups -OCH3 is 1. The number of hydrogen-bond acceptors (Lipinski definition) is 7. The highest BCUT2D eigenvalue weighted by Crippen LogP contribution is 2.29. The molecule has 0 heterocycles. The Labute approximate surface area is 266 Å². The van der Waals surface area contributed by atoms with Gasteiger partial charge in [-0.1, -0.05) is 121 Å². The Balaban J connectivity index is 1.69. The molecule has 2 atom stereocenters. The summed E-state index contributed by atoms with van der Waals surface area (Å²) in [5, 5.41) is 1.14. The zero-order chi connectivity index (χ0) is 31.7. The average Bonchev–Trinajstić information content (AvgIpc) is 3.10. The number of hydroxylamine groups is 2. The Morgan fingerprint density at radius 3 is 1.36 bits per heavy atom. The van der Waals surface area contributed by atoms with Crippen LogP contribution in [0.2, 0.25) is 0 Å². The van der Waals surface area contributed by atoms with Gasteiger partial charge in [-0.2, -0.15) is 0 Å². The number of likely N-dealkylation sites (N-methyl/N-ethyl adjacent to an activating group) is 1. The number of benzene rings is 4. The fourth-order valence-electron chi connectivity index (χ4n) is 4.86. The highest BCUT2D eigenvalue weighted by molar-refractivity contribution is 5.80. The van der Waals surface area contributed by atoms with Crippen molar-refractivity contribution in [3.63, 3.8) is 0 Å². The van der Waals surface area contributed by atoms with Gasteiger partial charge in [-0.25, -0.2) is 5.06 Å². The standard InChI is InChI=1S/C37H43NO7/c1-38(41-3)36(39)34(44-26-32-20-12-6-13-21-32)35(45-27-33-22-14-7-15-23-33)37(40-2,28-42-24-30-16-8-4-9-17-30)29-43-25-31-18-10-5-11-19-31/h4-23,34-35H,24-29H2,1-3H3/t34-,35+/m1/s1. The van der Waals surface area contributed by atoms with Crippen LogP contribution in [0.25, 0.3) is 0 Å². The minimum absolute atomic E-state index is 0.0574. The van der Waals surface area contributed by atoms with Gasteiger partial charge in [0.25, 0.3) is 5.91 Å². The van der Waals surface area contributed by atoms with Crippen molar-refractivity contribution in [1.29, 1.82) is 0 Å². The van der Waals surface area contributed by atoms with E-state index in [0.717, 1.165) is 27.3 Å². The number of rotatable bonds is 19. The van der Waals surface area contributed by atoms with Crippen LogP contribution in [-0.2, 0) is 59.7 Å². The summed E-state index contributed by atoms with van der Waals surface area (Å²) in [6, 6.07) is 39.2. The third kappa shape index (κ3) is 10.3. The third-order valence-electron chi connectivity index (χ3n) is 7.49. The van der Waals surface area contributed by atoms with Crippen molar-refractivity contribution in [3.05, 3.63) is 144 Å². The van der Waals surface area contributed by atoms with Gasteiger partial charge in [0, 0.05) is 14.2 Å². The largest absolute Gasteiger partial charge is 0.374 e. The van der Waals surface area contributed by atoms with Crippen molar-refractivity contribution in [2.75, 3.05) is 34.5 Å². The molecule has 0 aromatic heterocycles. The van der Waals surface area contributed by atoms with E-state index in [0.29, 0.717) is 13.2 Å². The summed E-state index contributed by atoms with van der Waals surface area (Å²) in [6.45, 7) is 1.14. The van der Waals surface area contributed by atoms with Gasteiger partial charge in [0.2, 0.25) is 0 Å². The van der Waals surface area contributed by atoms with Gasteiger partial charge in [-0.3, -0.25) is 9.63 Å². The third-order valence-corrected chi connectivity index (χ3v) is 7.49. The molecule has 0 saturated carbocycles. The first-order valence-electron chi connectivity index (χ1n) is 15.0. The number of nitrogens with zero attached hydrogens (tertiary/aromatic N) is 1. The van der Waals surface area contributed by atoms with Crippen molar-refractivity contribution in [2.24, 2.45) is 0 Å². The minimum atomic E-state index is -1.26. The van der Waals surface area contributed by atoms with Crippen LogP contribution in [-0.4, -0.2) is 63.3 Å². The predicted octanol–water partition coefficient (Wildman–Crippen LogP) is 6.00. The van der Waals surface area contributed by atoms with Crippen molar-refractivity contribution >= 4 is 5.91 Å². The molecule has 4 aromatic carbocycles. The smallest absolute Gasteiger partial charge is 0.277 e. The highest BCUT2D eigenvalue weighted by Gasteiger charge is 2.49. The monoisotopic (exact) mass is 613 g/mol. The van der Waals surface area contributed by atoms with E-state index in [2.05, 4.69) is 0 Å². The molecule has 1 amide bonds. The van der Waals surface area contributed by atoms with E-state index in [1.54, 1.807) is 14.2 Å². The molecule has 0 aliphatic carbocycles. The van der Waals surface area contributed by atoms with Crippen LogP contribution in [0, 0.1) is 0 Å². The minimum Gasteiger partial charge on any atom is -0.374 e. The van der Waals surface area contributed by atoms with Gasteiger partial charge in [0.15, 0.2) is 6.10 Å². The molecule has 0 aliphatic heterocycles. The Hall–Kier alpha value is -3.89. The lowest BCUT2D eigenvalue weighted by Gasteiger charge is -2.42. The number of hydrogen-bond donors (Lipinski definition) is 0. The molecular formula is C37H43NO7. The van der Waals surface area contributed by atoms with Gasteiger partial charge in [-0.15, -0.1) is 0 Å². The van der Waals surface area contributed by atoms with Crippen LogP contribution < -0.4 is 0 Å². The second-order valence-corrected chi connectivity index (χ2v) is 10.7. The van der Waals surface area contributed by atoms with E-state index in [1.807, 2.05) is 121 Å². The lowest BCUT2D eigenvalue weighted by Crippen LogP contribution is -2.61. The maximum atomic E-state index is 14.0. The molecule has 0 fully saturated rings. The first-order valence-corrected chi connectivity index (χ1v) is 15.0. The summed E-state index contributed by atoms with van der Waals surface area (Å²) in [6.07, 6.45) is -2.11. The van der Waals surface area contributed by atoms with Gasteiger partial charge >= 0.3 is 0 Å². The van der Waals surface area contributed by atoms with E-state index in [1.165, 1.54) is 7.11 Å². The van der Waals surface area contributed by atoms with Gasteiger partial charge < -0.3 is 23.7 Å². The molecule has 4 rings (SSSR count). The molecule has 238 valence electrons. The summed E-state index contributed by atoms with van der Waals surface area (Å²) < 4.78 is 31.9. The van der Waals surface area contributed by atoms with E-state index >= 15 is 0 Å². The molecule has 0 unspecified atom stereocenters. The lowest BCUT2D eigenvalue weighted by molar-refractivity contribution is -0.237. The predicted molar refractivity (Wildman–Crippen MR) is 172 cm³/mol. The average molecular weight is 614 g/mol. The van der Waals surface area contributed by atoms with Crippen LogP contribution in [0.3, 0.4) is 0 Å². The van der Waals surface area contributed by atoms with E-state index in [-0.39, 0.29) is 26.4 Å². The second-order valence-electron chi connectivity index (χ2n) is 10.7. The van der Waals surface area contributed by atoms with E-state index < -0.39 is 23.7 Å². The molecule has 0 spiro atoms. The van der Waals surface area contributed by atoms with Gasteiger partial charge in [0.1, 0.15) is 11.7 Å². The van der Waals surface area contributed by atoms with Gasteiger partial charge in [-0.05, 0) is 22.3 Å². The number of carbonyl (C=O) groups is 1. The van der Waals surface area contributed by atoms with Crippen LogP contribution in [0.5, 0.6) is 0 Å². The normalized spacial score (nSPS) is 12.9. The maximum absolute atomic E-state index is 14.0. The molecule has 0 aliphatic rings. The SMILES string of the molecule is CON(C)C(=O)[C@H](OCc1ccccc1)[C@H](OCc1ccccc1)C(COCc1ccccc1)(COCc1ccccc1)OC. The van der Waals surface area contributed by atoms with E-state index in [4.69, 9.17) is 28.5 Å². The lowest BCUT2D eigenvalue weighted by atomic mass is 9.92. The highest BCUT2D eigenvalue weighted by atomic mass is 16.7. The summed E-state index contributed by atoms with van der Waals surface area (Å²) in [5.41, 5.74) is 2.57. The Bertz CT molecular complexity index is 1330. The molecule has 0 saturated heterocycles. The van der Waals surface area contributed by atoms with E-state index in [9.17, 15) is 4.79 Å². The number of amides is 1. The Morgan fingerprint density at radius 2 is 0.978 bits per heavy atom. The molecule has 0 radical (unpaired) electrons. The summed E-state index contributed by atoms with van der Waals surface area (Å²) >= 11 is 0. The summed E-state index contributed by atoms with van der Waals surface area (Å²) in [7, 11) is 4.55. The zero-order valence-corrected chi connectivity index (χ0v) is 26.2. The van der Waals surface area contributed by atoms with Crippen LogP contribution in [0.1, 0.15) is 22.3 Å². The first-order chi connectivity index (χ1) is 22.0. The van der Waals surface area contributed by atoms with Gasteiger partial charge in [0.05, 0.1) is 46.8 Å². The zero-order valence-electron chi connectivity index (χ0n) is 26.2. The maximum Gasteiger partial charge on any atom is 0.277 e. The molecule has 4 aromatic rings. The summed E-state index contributed by atoms with van der Waals surface area (Å²) in [5.74, 6) is -0.431. The van der Waals surface area contributed by atoms with Crippen LogP contribution in [0.15, 0.2) is 121 Å². The first kappa shape index (κ1) is 34.0. The molecular weight excluding hydrogens is 570 g/mol. The Morgan fingerprint density at radius 1 is 0.600 bits per heavy atom. The van der Waals surface area contributed by atoms with Crippen LogP contribution >= 0.6 is 0 Å². The fourth-order valence-corrected chi connectivity index (χ4v) is 4.86. The Kier molecular flexibility index (Phi) is 13.7. The fraction of sp³-hybridized carbons (Fsp3) is 0.324. The van der Waals surface area contributed by atoms with Crippen molar-refractivity contribution < 1.29 is 33.3 Å². The molecule has 8 nitrogen and oxygen atoms in total. The quantitative estimate of drug-likeness (QED) is 0.120. The summed E-state index contributed by atoms with van der Waals surface area (Å²) in [4.78, 5) is 19.3. The topological polar surface area (TPSA) is 75.7 Å². The molecule has 8 heteroatoms. The molecule has 45 heavy (non-hydrogen) atoms. The van der Waals surface area contributed by atoms with Crippen molar-refractivity contribution in [2.45, 2.75) is 44.2 Å². The molecule has 0 bridgehead atoms. The second kappa shape index (κ2) is 18.2. The number of ether oxygens (including phenoxy) is 5. The molecule has 0 N–H and O–H groups in total.